The monoisotopic (exact) mass is 288 g/mol. The van der Waals surface area contributed by atoms with Crippen LogP contribution in [0.1, 0.15) is 11.1 Å². The third-order valence-corrected chi connectivity index (χ3v) is 3.09. The van der Waals surface area contributed by atoms with Crippen molar-refractivity contribution in [3.05, 3.63) is 39.6 Å². The minimum Gasteiger partial charge on any atom is -0.496 e. The van der Waals surface area contributed by atoms with Crippen LogP contribution in [0.15, 0.2) is 18.3 Å². The molecule has 7 nitrogen and oxygen atoms in total. The lowest BCUT2D eigenvalue weighted by atomic mass is 10.0. The zero-order chi connectivity index (χ0) is 15.6. The summed E-state index contributed by atoms with van der Waals surface area (Å²) in [5, 5.41) is 14.0. The number of hydrogen-bond donors (Lipinski definition) is 1. The van der Waals surface area contributed by atoms with E-state index < -0.39 is 4.92 Å². The van der Waals surface area contributed by atoms with Crippen LogP contribution in [-0.4, -0.2) is 29.0 Å². The molecule has 0 saturated carbocycles. The van der Waals surface area contributed by atoms with Crippen molar-refractivity contribution in [2.24, 2.45) is 0 Å². The number of nitrogens with zero attached hydrogens (tertiary/aromatic N) is 3. The predicted molar refractivity (Wildman–Crippen MR) is 79.7 cm³/mol. The van der Waals surface area contributed by atoms with Crippen LogP contribution >= 0.6 is 0 Å². The second kappa shape index (κ2) is 5.74. The fourth-order valence-electron chi connectivity index (χ4n) is 2.21. The summed E-state index contributed by atoms with van der Waals surface area (Å²) in [4.78, 5) is 18.9. The molecule has 0 unspecified atom stereocenters. The summed E-state index contributed by atoms with van der Waals surface area (Å²) in [6.45, 7) is 3.81. The molecule has 1 heterocycles. The summed E-state index contributed by atoms with van der Waals surface area (Å²) in [6.07, 6.45) is 1.20. The van der Waals surface area contributed by atoms with Gasteiger partial charge in [-0.2, -0.15) is 0 Å². The lowest BCUT2D eigenvalue weighted by Gasteiger charge is -2.13. The Bertz CT molecular complexity index is 701. The highest BCUT2D eigenvalue weighted by atomic mass is 16.6. The Hall–Kier alpha value is -2.70. The number of aromatic nitrogens is 2. The van der Waals surface area contributed by atoms with Gasteiger partial charge < -0.3 is 10.1 Å². The van der Waals surface area contributed by atoms with Crippen molar-refractivity contribution in [1.82, 2.24) is 9.97 Å². The van der Waals surface area contributed by atoms with Gasteiger partial charge in [0.25, 0.3) is 0 Å². The predicted octanol–water partition coefficient (Wildman–Crippen LogP) is 2.72. The molecule has 1 aromatic carbocycles. The SMILES string of the molecule is CNc1ncc([N+](=O)[O-])c(-c2c(C)cc(C)cc2OC)n1. The summed E-state index contributed by atoms with van der Waals surface area (Å²) in [7, 11) is 3.19. The van der Waals surface area contributed by atoms with Gasteiger partial charge in [0.1, 0.15) is 11.9 Å². The van der Waals surface area contributed by atoms with Gasteiger partial charge in [0.15, 0.2) is 5.69 Å². The van der Waals surface area contributed by atoms with Gasteiger partial charge in [-0.15, -0.1) is 0 Å². The lowest BCUT2D eigenvalue weighted by molar-refractivity contribution is -0.384. The molecular formula is C14H16N4O3. The van der Waals surface area contributed by atoms with E-state index in [9.17, 15) is 10.1 Å². The fourth-order valence-corrected chi connectivity index (χ4v) is 2.21. The van der Waals surface area contributed by atoms with Gasteiger partial charge in [-0.1, -0.05) is 6.07 Å². The number of methoxy groups -OCH3 is 1. The standard InChI is InChI=1S/C14H16N4O3/c1-8-5-9(2)12(11(6-8)21-4)13-10(18(19)20)7-16-14(15-3)17-13/h5-7H,1-4H3,(H,15,16,17). The first kappa shape index (κ1) is 14.7. The Kier molecular flexibility index (Phi) is 4.02. The molecule has 2 rings (SSSR count). The Morgan fingerprint density at radius 1 is 1.33 bits per heavy atom. The van der Waals surface area contributed by atoms with Gasteiger partial charge in [-0.05, 0) is 31.0 Å². The molecule has 0 spiro atoms. The van der Waals surface area contributed by atoms with Gasteiger partial charge in [0.2, 0.25) is 5.95 Å². The molecule has 21 heavy (non-hydrogen) atoms. The van der Waals surface area contributed by atoms with E-state index in [4.69, 9.17) is 4.74 Å². The van der Waals surface area contributed by atoms with Crippen molar-refractivity contribution in [3.8, 4) is 17.0 Å². The van der Waals surface area contributed by atoms with Crippen molar-refractivity contribution in [3.63, 3.8) is 0 Å². The average Bonchev–Trinajstić information content (AvgIpc) is 2.45. The number of ether oxygens (including phenoxy) is 1. The van der Waals surface area contributed by atoms with E-state index in [0.29, 0.717) is 17.3 Å². The number of hydrogen-bond acceptors (Lipinski definition) is 6. The van der Waals surface area contributed by atoms with Crippen molar-refractivity contribution in [2.45, 2.75) is 13.8 Å². The molecule has 0 saturated heterocycles. The van der Waals surface area contributed by atoms with E-state index >= 15 is 0 Å². The number of anilines is 1. The maximum atomic E-state index is 11.2. The van der Waals surface area contributed by atoms with Crippen molar-refractivity contribution in [2.75, 3.05) is 19.5 Å². The number of nitrogens with one attached hydrogen (secondary N) is 1. The normalized spacial score (nSPS) is 10.3. The van der Waals surface area contributed by atoms with Crippen LogP contribution < -0.4 is 10.1 Å². The smallest absolute Gasteiger partial charge is 0.313 e. The summed E-state index contributed by atoms with van der Waals surface area (Å²) in [5.74, 6) is 0.869. The second-order valence-electron chi connectivity index (χ2n) is 4.59. The van der Waals surface area contributed by atoms with E-state index in [-0.39, 0.29) is 11.4 Å². The van der Waals surface area contributed by atoms with Crippen LogP contribution in [0.4, 0.5) is 11.6 Å². The quantitative estimate of drug-likeness (QED) is 0.687. The molecule has 0 radical (unpaired) electrons. The van der Waals surface area contributed by atoms with Gasteiger partial charge in [0.05, 0.1) is 17.6 Å². The highest BCUT2D eigenvalue weighted by molar-refractivity contribution is 5.78. The van der Waals surface area contributed by atoms with Crippen molar-refractivity contribution >= 4 is 11.6 Å². The first-order chi connectivity index (χ1) is 9.97. The number of aryl methyl sites for hydroxylation is 2. The minimum absolute atomic E-state index is 0.153. The van der Waals surface area contributed by atoms with Crippen molar-refractivity contribution < 1.29 is 9.66 Å². The average molecular weight is 288 g/mol. The molecule has 0 aliphatic heterocycles. The van der Waals surface area contributed by atoms with E-state index in [1.54, 1.807) is 7.05 Å². The van der Waals surface area contributed by atoms with Crippen LogP contribution in [0.3, 0.4) is 0 Å². The minimum atomic E-state index is -0.493. The van der Waals surface area contributed by atoms with Crippen LogP contribution in [0, 0.1) is 24.0 Å². The Morgan fingerprint density at radius 2 is 2.05 bits per heavy atom. The van der Waals surface area contributed by atoms with E-state index in [1.165, 1.54) is 13.3 Å². The van der Waals surface area contributed by atoms with E-state index in [1.807, 2.05) is 26.0 Å². The number of rotatable bonds is 4. The van der Waals surface area contributed by atoms with Crippen molar-refractivity contribution in [1.29, 1.82) is 0 Å². The molecule has 110 valence electrons. The molecule has 1 aromatic heterocycles. The summed E-state index contributed by atoms with van der Waals surface area (Å²) in [6, 6.07) is 3.76. The Morgan fingerprint density at radius 3 is 2.62 bits per heavy atom. The topological polar surface area (TPSA) is 90.2 Å². The molecule has 0 bridgehead atoms. The molecular weight excluding hydrogens is 272 g/mol. The molecule has 7 heteroatoms. The van der Waals surface area contributed by atoms with Crippen LogP contribution in [-0.2, 0) is 0 Å². The number of benzene rings is 1. The third kappa shape index (κ3) is 2.76. The first-order valence-electron chi connectivity index (χ1n) is 6.32. The van der Waals surface area contributed by atoms with E-state index in [2.05, 4.69) is 15.3 Å². The zero-order valence-electron chi connectivity index (χ0n) is 12.3. The molecule has 1 N–H and O–H groups in total. The maximum Gasteiger partial charge on any atom is 0.313 e. The highest BCUT2D eigenvalue weighted by Crippen LogP contribution is 2.38. The highest BCUT2D eigenvalue weighted by Gasteiger charge is 2.23. The molecule has 0 aliphatic rings. The largest absolute Gasteiger partial charge is 0.496 e. The maximum absolute atomic E-state index is 11.2. The number of nitro groups is 1. The third-order valence-electron chi connectivity index (χ3n) is 3.09. The fraction of sp³-hybridized carbons (Fsp3) is 0.286. The summed E-state index contributed by atoms with van der Waals surface area (Å²) in [5.41, 5.74) is 2.57. The summed E-state index contributed by atoms with van der Waals surface area (Å²) < 4.78 is 5.37. The molecule has 2 aromatic rings. The Labute approximate surface area is 122 Å². The van der Waals surface area contributed by atoms with Gasteiger partial charge in [-0.25, -0.2) is 9.97 Å². The molecule has 0 aliphatic carbocycles. The Balaban J connectivity index is 2.79. The summed E-state index contributed by atoms with van der Waals surface area (Å²) >= 11 is 0. The van der Waals surface area contributed by atoms with Gasteiger partial charge in [0, 0.05) is 7.05 Å². The molecule has 0 fully saturated rings. The molecule has 0 amide bonds. The van der Waals surface area contributed by atoms with Gasteiger partial charge >= 0.3 is 5.69 Å². The first-order valence-corrected chi connectivity index (χ1v) is 6.32. The molecule has 0 atom stereocenters. The van der Waals surface area contributed by atoms with Crippen LogP contribution in [0.5, 0.6) is 5.75 Å². The van der Waals surface area contributed by atoms with Gasteiger partial charge in [-0.3, -0.25) is 10.1 Å². The van der Waals surface area contributed by atoms with Crippen LogP contribution in [0.2, 0.25) is 0 Å². The lowest BCUT2D eigenvalue weighted by Crippen LogP contribution is -2.03. The van der Waals surface area contributed by atoms with Crippen LogP contribution in [0.25, 0.3) is 11.3 Å². The zero-order valence-corrected chi connectivity index (χ0v) is 12.3. The van der Waals surface area contributed by atoms with E-state index in [0.717, 1.165) is 11.1 Å². The second-order valence-corrected chi connectivity index (χ2v) is 4.59.